The molecule has 1 atom stereocenters. The maximum absolute atomic E-state index is 12.4. The van der Waals surface area contributed by atoms with Gasteiger partial charge >= 0.3 is 5.97 Å². The number of nitrogens with zero attached hydrogens (tertiary/aromatic N) is 3. The Kier molecular flexibility index (Phi) is 5.08. The molecule has 26 heavy (non-hydrogen) atoms. The van der Waals surface area contributed by atoms with Crippen LogP contribution in [0.25, 0.3) is 5.69 Å². The summed E-state index contributed by atoms with van der Waals surface area (Å²) in [5.74, 6) is -1.08. The number of rotatable bonds is 5. The Morgan fingerprint density at radius 1 is 1.23 bits per heavy atom. The standard InChI is InChI=1S/C19H24N4O3/c1-12-6-8-15(9-7-12)23-14(3)18(13(2)21-23)20-17(24)11-22-10-4-5-16(22)19(25)26/h6-9,16H,4-5,10-11H2,1-3H3,(H,20,24)(H,25,26). The van der Waals surface area contributed by atoms with Crippen LogP contribution in [-0.2, 0) is 9.59 Å². The number of aryl methyl sites for hydroxylation is 2. The van der Waals surface area contributed by atoms with E-state index in [1.54, 1.807) is 9.58 Å². The molecule has 7 heteroatoms. The first-order chi connectivity index (χ1) is 12.4. The maximum Gasteiger partial charge on any atom is 0.320 e. The van der Waals surface area contributed by atoms with Crippen LogP contribution in [0.4, 0.5) is 5.69 Å². The summed E-state index contributed by atoms with van der Waals surface area (Å²) in [6.07, 6.45) is 1.39. The molecule has 2 aromatic rings. The van der Waals surface area contributed by atoms with Gasteiger partial charge in [-0.05, 0) is 52.3 Å². The van der Waals surface area contributed by atoms with Crippen LogP contribution in [0.15, 0.2) is 24.3 Å². The number of hydrogen-bond acceptors (Lipinski definition) is 4. The van der Waals surface area contributed by atoms with Gasteiger partial charge in [0.2, 0.25) is 5.91 Å². The van der Waals surface area contributed by atoms with Crippen molar-refractivity contribution in [3.63, 3.8) is 0 Å². The van der Waals surface area contributed by atoms with Crippen LogP contribution < -0.4 is 5.32 Å². The first-order valence-electron chi connectivity index (χ1n) is 8.77. The lowest BCUT2D eigenvalue weighted by Crippen LogP contribution is -2.41. The molecule has 1 saturated heterocycles. The second-order valence-electron chi connectivity index (χ2n) is 6.81. The number of nitrogens with one attached hydrogen (secondary N) is 1. The molecular weight excluding hydrogens is 332 g/mol. The minimum atomic E-state index is -0.866. The summed E-state index contributed by atoms with van der Waals surface area (Å²) in [6, 6.07) is 7.44. The van der Waals surface area contributed by atoms with Gasteiger partial charge in [-0.2, -0.15) is 5.10 Å². The molecular formula is C19H24N4O3. The quantitative estimate of drug-likeness (QED) is 0.858. The third-order valence-corrected chi connectivity index (χ3v) is 4.83. The molecule has 1 aromatic carbocycles. The third-order valence-electron chi connectivity index (χ3n) is 4.83. The fraction of sp³-hybridized carbons (Fsp3) is 0.421. The van der Waals surface area contributed by atoms with Gasteiger partial charge in [0.15, 0.2) is 0 Å². The van der Waals surface area contributed by atoms with Gasteiger partial charge in [0.1, 0.15) is 6.04 Å². The average molecular weight is 356 g/mol. The summed E-state index contributed by atoms with van der Waals surface area (Å²) in [5, 5.41) is 16.7. The number of aliphatic carboxylic acids is 1. The second-order valence-corrected chi connectivity index (χ2v) is 6.81. The van der Waals surface area contributed by atoms with Crippen LogP contribution in [0, 0.1) is 20.8 Å². The largest absolute Gasteiger partial charge is 0.480 e. The fourth-order valence-electron chi connectivity index (χ4n) is 3.42. The van der Waals surface area contributed by atoms with E-state index in [2.05, 4.69) is 10.4 Å². The number of carboxylic acids is 1. The zero-order valence-electron chi connectivity index (χ0n) is 15.3. The Bertz CT molecular complexity index is 826. The van der Waals surface area contributed by atoms with Gasteiger partial charge < -0.3 is 10.4 Å². The van der Waals surface area contributed by atoms with Crippen molar-refractivity contribution in [1.29, 1.82) is 0 Å². The van der Waals surface area contributed by atoms with Crippen molar-refractivity contribution in [3.05, 3.63) is 41.2 Å². The van der Waals surface area contributed by atoms with Gasteiger partial charge in [0, 0.05) is 0 Å². The molecule has 1 amide bonds. The smallest absolute Gasteiger partial charge is 0.320 e. The first-order valence-corrected chi connectivity index (χ1v) is 8.77. The lowest BCUT2D eigenvalue weighted by Gasteiger charge is -2.20. The molecule has 3 rings (SSSR count). The summed E-state index contributed by atoms with van der Waals surface area (Å²) in [4.78, 5) is 25.4. The zero-order chi connectivity index (χ0) is 18.8. The van der Waals surface area contributed by atoms with Gasteiger partial charge in [-0.1, -0.05) is 17.7 Å². The van der Waals surface area contributed by atoms with Gasteiger partial charge in [-0.25, -0.2) is 4.68 Å². The van der Waals surface area contributed by atoms with Crippen molar-refractivity contribution in [1.82, 2.24) is 14.7 Å². The molecule has 2 heterocycles. The highest BCUT2D eigenvalue weighted by atomic mass is 16.4. The number of hydrogen-bond donors (Lipinski definition) is 2. The van der Waals surface area contributed by atoms with Crippen molar-refractivity contribution in [2.24, 2.45) is 0 Å². The summed E-state index contributed by atoms with van der Waals surface area (Å²) in [5.41, 5.74) is 4.36. The number of aromatic nitrogens is 2. The van der Waals surface area contributed by atoms with Gasteiger partial charge in [-0.3, -0.25) is 14.5 Å². The van der Waals surface area contributed by atoms with E-state index >= 15 is 0 Å². The van der Waals surface area contributed by atoms with E-state index in [0.717, 1.165) is 23.5 Å². The molecule has 138 valence electrons. The van der Waals surface area contributed by atoms with Crippen LogP contribution in [-0.4, -0.2) is 50.8 Å². The molecule has 1 aromatic heterocycles. The average Bonchev–Trinajstić information content (AvgIpc) is 3.15. The van der Waals surface area contributed by atoms with Crippen molar-refractivity contribution >= 4 is 17.6 Å². The number of likely N-dealkylation sites (tertiary alicyclic amines) is 1. The Hall–Kier alpha value is -2.67. The minimum absolute atomic E-state index is 0.0750. The molecule has 1 aliphatic heterocycles. The topological polar surface area (TPSA) is 87.5 Å². The summed E-state index contributed by atoms with van der Waals surface area (Å²) in [7, 11) is 0. The number of benzene rings is 1. The van der Waals surface area contributed by atoms with E-state index in [1.165, 1.54) is 5.56 Å². The SMILES string of the molecule is Cc1ccc(-n2nc(C)c(NC(=O)CN3CCCC3C(=O)O)c2C)cc1. The predicted molar refractivity (Wildman–Crippen MR) is 98.6 cm³/mol. The summed E-state index contributed by atoms with van der Waals surface area (Å²) in [6.45, 7) is 6.49. The van der Waals surface area contributed by atoms with Crippen LogP contribution in [0.2, 0.25) is 0 Å². The molecule has 1 unspecified atom stereocenters. The van der Waals surface area contributed by atoms with E-state index in [-0.39, 0.29) is 12.5 Å². The Morgan fingerprint density at radius 3 is 2.58 bits per heavy atom. The van der Waals surface area contributed by atoms with Crippen LogP contribution in [0.1, 0.15) is 29.8 Å². The molecule has 0 bridgehead atoms. The van der Waals surface area contributed by atoms with Crippen LogP contribution >= 0.6 is 0 Å². The molecule has 0 spiro atoms. The molecule has 2 N–H and O–H groups in total. The number of anilines is 1. The van der Waals surface area contributed by atoms with Gasteiger partial charge in [-0.15, -0.1) is 0 Å². The molecule has 0 saturated carbocycles. The second kappa shape index (κ2) is 7.29. The highest BCUT2D eigenvalue weighted by Crippen LogP contribution is 2.23. The maximum atomic E-state index is 12.4. The summed E-state index contributed by atoms with van der Waals surface area (Å²) < 4.78 is 1.81. The highest BCUT2D eigenvalue weighted by Gasteiger charge is 2.31. The van der Waals surface area contributed by atoms with Gasteiger partial charge in [0.05, 0.1) is 29.3 Å². The zero-order valence-corrected chi connectivity index (χ0v) is 15.3. The van der Waals surface area contributed by atoms with E-state index in [9.17, 15) is 14.7 Å². The Balaban J connectivity index is 1.75. The molecule has 1 fully saturated rings. The van der Waals surface area contributed by atoms with Crippen molar-refractivity contribution < 1.29 is 14.7 Å². The van der Waals surface area contributed by atoms with Crippen LogP contribution in [0.3, 0.4) is 0 Å². The van der Waals surface area contributed by atoms with Crippen molar-refractivity contribution in [2.45, 2.75) is 39.7 Å². The summed E-state index contributed by atoms with van der Waals surface area (Å²) >= 11 is 0. The number of carboxylic acid groups (broad SMARTS) is 1. The minimum Gasteiger partial charge on any atom is -0.480 e. The molecule has 1 aliphatic rings. The number of carbonyl (C=O) groups excluding carboxylic acids is 1. The lowest BCUT2D eigenvalue weighted by atomic mass is 10.2. The Labute approximate surface area is 152 Å². The molecule has 7 nitrogen and oxygen atoms in total. The first kappa shape index (κ1) is 18.1. The van der Waals surface area contributed by atoms with Crippen LogP contribution in [0.5, 0.6) is 0 Å². The van der Waals surface area contributed by atoms with E-state index in [1.807, 2.05) is 45.0 Å². The number of carbonyl (C=O) groups is 2. The normalized spacial score (nSPS) is 17.4. The molecule has 0 radical (unpaired) electrons. The monoisotopic (exact) mass is 356 g/mol. The van der Waals surface area contributed by atoms with E-state index in [0.29, 0.717) is 18.7 Å². The van der Waals surface area contributed by atoms with Crippen molar-refractivity contribution in [2.75, 3.05) is 18.4 Å². The Morgan fingerprint density at radius 2 is 1.92 bits per heavy atom. The number of amides is 1. The van der Waals surface area contributed by atoms with Crippen molar-refractivity contribution in [3.8, 4) is 5.69 Å². The van der Waals surface area contributed by atoms with E-state index in [4.69, 9.17) is 0 Å². The highest BCUT2D eigenvalue weighted by molar-refractivity contribution is 5.93. The predicted octanol–water partition coefficient (Wildman–Crippen LogP) is 2.29. The molecule has 0 aliphatic carbocycles. The van der Waals surface area contributed by atoms with Gasteiger partial charge in [0.25, 0.3) is 0 Å². The van der Waals surface area contributed by atoms with E-state index < -0.39 is 12.0 Å². The lowest BCUT2D eigenvalue weighted by molar-refractivity contribution is -0.142. The third kappa shape index (κ3) is 3.62. The fourth-order valence-corrected chi connectivity index (χ4v) is 3.42.